The maximum Gasteiger partial charge on any atom is 0.162 e. The van der Waals surface area contributed by atoms with Crippen molar-refractivity contribution < 1.29 is 9.53 Å². The maximum absolute atomic E-state index is 12.2. The highest BCUT2D eigenvalue weighted by Gasteiger charge is 2.14. The molecular formula is C24H40O2. The Hall–Kier alpha value is -1.15. The molecule has 2 heteroatoms. The molecule has 0 heterocycles. The number of carbonyl (C=O) groups is 1. The van der Waals surface area contributed by atoms with Gasteiger partial charge in [-0.1, -0.05) is 96.9 Å². The van der Waals surface area contributed by atoms with Crippen molar-refractivity contribution in [3.05, 3.63) is 35.4 Å². The molecular weight excluding hydrogens is 320 g/mol. The topological polar surface area (TPSA) is 26.3 Å². The molecule has 0 bridgehead atoms. The molecule has 0 amide bonds. The van der Waals surface area contributed by atoms with E-state index in [-0.39, 0.29) is 11.2 Å². The molecule has 26 heavy (non-hydrogen) atoms. The summed E-state index contributed by atoms with van der Waals surface area (Å²) in [4.78, 5) is 12.2. The lowest BCUT2D eigenvalue weighted by molar-refractivity contribution is 0.0933. The fourth-order valence-corrected chi connectivity index (χ4v) is 3.08. The van der Waals surface area contributed by atoms with E-state index in [1.807, 2.05) is 12.1 Å². The zero-order chi connectivity index (χ0) is 19.3. The third kappa shape index (κ3) is 10.1. The van der Waals surface area contributed by atoms with Crippen LogP contribution in [-0.4, -0.2) is 19.0 Å². The van der Waals surface area contributed by atoms with Crippen LogP contribution in [0.25, 0.3) is 0 Å². The normalized spacial score (nSPS) is 11.7. The van der Waals surface area contributed by atoms with Crippen molar-refractivity contribution in [2.75, 3.05) is 13.2 Å². The molecule has 1 rings (SSSR count). The largest absolute Gasteiger partial charge is 0.381 e. The van der Waals surface area contributed by atoms with Crippen LogP contribution in [0.4, 0.5) is 0 Å². The lowest BCUT2D eigenvalue weighted by atomic mass is 9.86. The van der Waals surface area contributed by atoms with Gasteiger partial charge in [-0.3, -0.25) is 4.79 Å². The number of hydrogen-bond donors (Lipinski definition) is 0. The maximum atomic E-state index is 12.2. The van der Waals surface area contributed by atoms with Crippen molar-refractivity contribution in [1.29, 1.82) is 0 Å². The molecule has 148 valence electrons. The molecule has 0 fully saturated rings. The molecule has 0 aliphatic heterocycles. The molecule has 1 aromatic rings. The Bertz CT molecular complexity index is 482. The van der Waals surface area contributed by atoms with Gasteiger partial charge in [0.25, 0.3) is 0 Å². The van der Waals surface area contributed by atoms with Crippen LogP contribution >= 0.6 is 0 Å². The van der Waals surface area contributed by atoms with Crippen LogP contribution < -0.4 is 0 Å². The van der Waals surface area contributed by atoms with E-state index in [4.69, 9.17) is 4.74 Å². The number of ketones is 1. The van der Waals surface area contributed by atoms with E-state index in [2.05, 4.69) is 39.8 Å². The summed E-state index contributed by atoms with van der Waals surface area (Å²) in [7, 11) is 0. The fraction of sp³-hybridized carbons (Fsp3) is 0.708. The molecule has 0 radical (unpaired) electrons. The first kappa shape index (κ1) is 22.9. The summed E-state index contributed by atoms with van der Waals surface area (Å²) in [6.07, 6.45) is 12.0. The van der Waals surface area contributed by atoms with Crippen molar-refractivity contribution in [1.82, 2.24) is 0 Å². The van der Waals surface area contributed by atoms with E-state index in [9.17, 15) is 4.79 Å². The number of ether oxygens (including phenoxy) is 1. The highest BCUT2D eigenvalue weighted by atomic mass is 16.5. The molecule has 0 spiro atoms. The van der Waals surface area contributed by atoms with E-state index >= 15 is 0 Å². The number of carbonyl (C=O) groups excluding carboxylic acids is 1. The van der Waals surface area contributed by atoms with E-state index in [0.717, 1.165) is 25.0 Å². The SMILES string of the molecule is CCCCCCCCCCOCCCC(=O)c1ccc(C(C)(C)C)cc1. The van der Waals surface area contributed by atoms with Crippen LogP contribution in [0.2, 0.25) is 0 Å². The quantitative estimate of drug-likeness (QED) is 0.261. The van der Waals surface area contributed by atoms with Gasteiger partial charge >= 0.3 is 0 Å². The predicted molar refractivity (Wildman–Crippen MR) is 112 cm³/mol. The molecule has 0 N–H and O–H groups in total. The molecule has 2 nitrogen and oxygen atoms in total. The van der Waals surface area contributed by atoms with Crippen molar-refractivity contribution in [2.45, 2.75) is 97.3 Å². The lowest BCUT2D eigenvalue weighted by Gasteiger charge is -2.18. The highest BCUT2D eigenvalue weighted by molar-refractivity contribution is 5.96. The summed E-state index contributed by atoms with van der Waals surface area (Å²) in [5, 5.41) is 0. The van der Waals surface area contributed by atoms with Gasteiger partial charge in [-0.05, 0) is 23.8 Å². The average Bonchev–Trinajstić information content (AvgIpc) is 2.62. The van der Waals surface area contributed by atoms with Gasteiger partial charge in [-0.15, -0.1) is 0 Å². The Morgan fingerprint density at radius 3 is 1.92 bits per heavy atom. The fourth-order valence-electron chi connectivity index (χ4n) is 3.08. The van der Waals surface area contributed by atoms with Crippen LogP contribution in [0.15, 0.2) is 24.3 Å². The number of Topliss-reactive ketones (excluding diaryl/α,β-unsaturated/α-hetero) is 1. The highest BCUT2D eigenvalue weighted by Crippen LogP contribution is 2.22. The minimum Gasteiger partial charge on any atom is -0.381 e. The zero-order valence-corrected chi connectivity index (χ0v) is 17.6. The first-order valence-corrected chi connectivity index (χ1v) is 10.7. The second-order valence-electron chi connectivity index (χ2n) is 8.44. The van der Waals surface area contributed by atoms with Crippen LogP contribution in [0.3, 0.4) is 0 Å². The average molecular weight is 361 g/mol. The third-order valence-corrected chi connectivity index (χ3v) is 4.91. The van der Waals surface area contributed by atoms with Crippen LogP contribution in [0.1, 0.15) is 108 Å². The summed E-state index contributed by atoms with van der Waals surface area (Å²) < 4.78 is 5.68. The minimum atomic E-state index is 0.130. The number of benzene rings is 1. The van der Waals surface area contributed by atoms with Gasteiger partial charge in [0.2, 0.25) is 0 Å². The standard InChI is InChI=1S/C24H40O2/c1-5-6-7-8-9-10-11-12-19-26-20-13-14-23(25)21-15-17-22(18-16-21)24(2,3)4/h15-18H,5-14,19-20H2,1-4H3. The van der Waals surface area contributed by atoms with Gasteiger partial charge in [0.15, 0.2) is 5.78 Å². The summed E-state index contributed by atoms with van der Waals surface area (Å²) >= 11 is 0. The van der Waals surface area contributed by atoms with Gasteiger partial charge < -0.3 is 4.74 Å². The molecule has 0 saturated heterocycles. The smallest absolute Gasteiger partial charge is 0.162 e. The molecule has 0 aliphatic carbocycles. The van der Waals surface area contributed by atoms with Gasteiger partial charge in [-0.2, -0.15) is 0 Å². The number of rotatable bonds is 14. The minimum absolute atomic E-state index is 0.130. The summed E-state index contributed by atoms with van der Waals surface area (Å²) in [5.41, 5.74) is 2.22. The van der Waals surface area contributed by atoms with E-state index in [1.54, 1.807) is 0 Å². The molecule has 0 atom stereocenters. The second-order valence-corrected chi connectivity index (χ2v) is 8.44. The molecule has 0 saturated carbocycles. The van der Waals surface area contributed by atoms with Gasteiger partial charge in [-0.25, -0.2) is 0 Å². The number of hydrogen-bond acceptors (Lipinski definition) is 2. The zero-order valence-electron chi connectivity index (χ0n) is 17.6. The monoisotopic (exact) mass is 360 g/mol. The van der Waals surface area contributed by atoms with Gasteiger partial charge in [0.1, 0.15) is 0 Å². The van der Waals surface area contributed by atoms with Gasteiger partial charge in [0, 0.05) is 25.2 Å². The van der Waals surface area contributed by atoms with Crippen LogP contribution in [-0.2, 0) is 10.2 Å². The van der Waals surface area contributed by atoms with Crippen molar-refractivity contribution >= 4 is 5.78 Å². The molecule has 0 aromatic heterocycles. The summed E-state index contributed by atoms with van der Waals surface area (Å²) in [6, 6.07) is 8.08. The van der Waals surface area contributed by atoms with Crippen LogP contribution in [0.5, 0.6) is 0 Å². The van der Waals surface area contributed by atoms with Crippen molar-refractivity contribution in [2.24, 2.45) is 0 Å². The van der Waals surface area contributed by atoms with E-state index in [0.29, 0.717) is 13.0 Å². The van der Waals surface area contributed by atoms with Crippen molar-refractivity contribution in [3.63, 3.8) is 0 Å². The van der Waals surface area contributed by atoms with E-state index in [1.165, 1.54) is 50.5 Å². The van der Waals surface area contributed by atoms with E-state index < -0.39 is 0 Å². The Kier molecular flexibility index (Phi) is 11.5. The first-order valence-electron chi connectivity index (χ1n) is 10.7. The second kappa shape index (κ2) is 13.1. The van der Waals surface area contributed by atoms with Gasteiger partial charge in [0.05, 0.1) is 0 Å². The first-order chi connectivity index (χ1) is 12.4. The summed E-state index contributed by atoms with van der Waals surface area (Å²) in [6.45, 7) is 10.4. The van der Waals surface area contributed by atoms with Crippen LogP contribution in [0, 0.1) is 0 Å². The predicted octanol–water partition coefficient (Wildman–Crippen LogP) is 7.10. The molecule has 1 aromatic carbocycles. The Morgan fingerprint density at radius 1 is 0.808 bits per heavy atom. The molecule has 0 unspecified atom stereocenters. The molecule has 0 aliphatic rings. The lowest BCUT2D eigenvalue weighted by Crippen LogP contribution is -2.11. The third-order valence-electron chi connectivity index (χ3n) is 4.91. The summed E-state index contributed by atoms with van der Waals surface area (Å²) in [5.74, 6) is 0.223. The Labute approximate surface area is 161 Å². The number of unbranched alkanes of at least 4 members (excludes halogenated alkanes) is 7. The Morgan fingerprint density at radius 2 is 1.35 bits per heavy atom. The Balaban J connectivity index is 2.03. The van der Waals surface area contributed by atoms with Crippen molar-refractivity contribution in [3.8, 4) is 0 Å².